The van der Waals surface area contributed by atoms with Crippen molar-refractivity contribution in [3.8, 4) is 5.75 Å². The van der Waals surface area contributed by atoms with Gasteiger partial charge in [0.1, 0.15) is 5.75 Å². The van der Waals surface area contributed by atoms with Crippen LogP contribution in [0.2, 0.25) is 0 Å². The highest BCUT2D eigenvalue weighted by Crippen LogP contribution is 2.24. The van der Waals surface area contributed by atoms with Gasteiger partial charge in [0.25, 0.3) is 0 Å². The third kappa shape index (κ3) is 3.21. The minimum absolute atomic E-state index is 0.585. The predicted octanol–water partition coefficient (Wildman–Crippen LogP) is 2.25. The second kappa shape index (κ2) is 5.85. The molecule has 0 bridgehead atoms. The molecule has 0 unspecified atom stereocenters. The van der Waals surface area contributed by atoms with Gasteiger partial charge in [0, 0.05) is 36.7 Å². The van der Waals surface area contributed by atoms with Crippen molar-refractivity contribution in [1.82, 2.24) is 10.2 Å². The largest absolute Gasteiger partial charge is 0.497 e. The number of nitrogens with zero attached hydrogens (tertiary/aromatic N) is 1. The van der Waals surface area contributed by atoms with Crippen molar-refractivity contribution >= 4 is 15.9 Å². The Morgan fingerprint density at radius 1 is 1.53 bits per heavy atom. The van der Waals surface area contributed by atoms with E-state index in [1.807, 2.05) is 6.07 Å². The van der Waals surface area contributed by atoms with Crippen molar-refractivity contribution < 1.29 is 4.74 Å². The molecule has 1 atom stereocenters. The molecular formula is C13H19BrN2O. The van der Waals surface area contributed by atoms with E-state index in [0.717, 1.165) is 36.4 Å². The number of halogens is 1. The summed E-state index contributed by atoms with van der Waals surface area (Å²) >= 11 is 3.61. The van der Waals surface area contributed by atoms with Crippen molar-refractivity contribution in [2.75, 3.05) is 26.7 Å². The van der Waals surface area contributed by atoms with E-state index in [-0.39, 0.29) is 0 Å². The highest BCUT2D eigenvalue weighted by atomic mass is 79.9. The fourth-order valence-corrected chi connectivity index (χ4v) is 2.51. The second-order valence-corrected chi connectivity index (χ2v) is 5.34. The molecule has 1 aromatic carbocycles. The molecule has 0 saturated carbocycles. The van der Waals surface area contributed by atoms with Gasteiger partial charge in [0.05, 0.1) is 7.11 Å². The SMILES string of the molecule is COc1ccc(Br)c(CN2CCNC[C@@H]2C)c1. The lowest BCUT2D eigenvalue weighted by atomic mass is 10.1. The first-order chi connectivity index (χ1) is 8.20. The summed E-state index contributed by atoms with van der Waals surface area (Å²) in [6.07, 6.45) is 0. The monoisotopic (exact) mass is 298 g/mol. The molecule has 0 amide bonds. The molecule has 1 aromatic rings. The molecule has 4 heteroatoms. The van der Waals surface area contributed by atoms with Crippen LogP contribution in [-0.2, 0) is 6.54 Å². The molecule has 1 N–H and O–H groups in total. The van der Waals surface area contributed by atoms with Crippen molar-refractivity contribution in [2.45, 2.75) is 19.5 Å². The molecule has 94 valence electrons. The highest BCUT2D eigenvalue weighted by Gasteiger charge is 2.18. The van der Waals surface area contributed by atoms with Crippen LogP contribution in [0.15, 0.2) is 22.7 Å². The zero-order valence-electron chi connectivity index (χ0n) is 10.4. The third-order valence-electron chi connectivity index (χ3n) is 3.27. The third-order valence-corrected chi connectivity index (χ3v) is 4.04. The fourth-order valence-electron chi connectivity index (χ4n) is 2.14. The van der Waals surface area contributed by atoms with Crippen LogP contribution < -0.4 is 10.1 Å². The molecule has 17 heavy (non-hydrogen) atoms. The normalized spacial score (nSPS) is 21.5. The molecule has 2 rings (SSSR count). The summed E-state index contributed by atoms with van der Waals surface area (Å²) in [5, 5.41) is 3.41. The van der Waals surface area contributed by atoms with E-state index in [1.54, 1.807) is 7.11 Å². The van der Waals surface area contributed by atoms with Crippen LogP contribution >= 0.6 is 15.9 Å². The van der Waals surface area contributed by atoms with Crippen molar-refractivity contribution in [3.63, 3.8) is 0 Å². The van der Waals surface area contributed by atoms with E-state index < -0.39 is 0 Å². The lowest BCUT2D eigenvalue weighted by molar-refractivity contribution is 0.165. The first-order valence-electron chi connectivity index (χ1n) is 5.98. The zero-order chi connectivity index (χ0) is 12.3. The van der Waals surface area contributed by atoms with Gasteiger partial charge in [-0.05, 0) is 30.7 Å². The first kappa shape index (κ1) is 12.9. The van der Waals surface area contributed by atoms with Crippen molar-refractivity contribution in [2.24, 2.45) is 0 Å². The molecule has 0 aromatic heterocycles. The molecule has 0 radical (unpaired) electrons. The maximum Gasteiger partial charge on any atom is 0.119 e. The highest BCUT2D eigenvalue weighted by molar-refractivity contribution is 9.10. The first-order valence-corrected chi connectivity index (χ1v) is 6.77. The minimum Gasteiger partial charge on any atom is -0.497 e. The number of nitrogens with one attached hydrogen (secondary N) is 1. The maximum absolute atomic E-state index is 5.27. The Bertz CT molecular complexity index is 384. The van der Waals surface area contributed by atoms with Crippen LogP contribution in [0.5, 0.6) is 5.75 Å². The Kier molecular flexibility index (Phi) is 4.42. The van der Waals surface area contributed by atoms with Gasteiger partial charge < -0.3 is 10.1 Å². The molecule has 1 saturated heterocycles. The van der Waals surface area contributed by atoms with Gasteiger partial charge >= 0.3 is 0 Å². The molecule has 1 aliphatic rings. The summed E-state index contributed by atoms with van der Waals surface area (Å²) in [6.45, 7) is 6.49. The minimum atomic E-state index is 0.585. The van der Waals surface area contributed by atoms with E-state index in [1.165, 1.54) is 5.56 Å². The molecule has 3 nitrogen and oxygen atoms in total. The number of benzene rings is 1. The van der Waals surface area contributed by atoms with E-state index in [0.29, 0.717) is 6.04 Å². The Morgan fingerprint density at radius 2 is 2.35 bits per heavy atom. The van der Waals surface area contributed by atoms with Gasteiger partial charge in [-0.2, -0.15) is 0 Å². The smallest absolute Gasteiger partial charge is 0.119 e. The van der Waals surface area contributed by atoms with Gasteiger partial charge in [-0.1, -0.05) is 15.9 Å². The number of methoxy groups -OCH3 is 1. The van der Waals surface area contributed by atoms with Crippen LogP contribution in [-0.4, -0.2) is 37.7 Å². The van der Waals surface area contributed by atoms with Crippen molar-refractivity contribution in [1.29, 1.82) is 0 Å². The lowest BCUT2D eigenvalue weighted by Crippen LogP contribution is -2.49. The van der Waals surface area contributed by atoms with Crippen LogP contribution in [0.4, 0.5) is 0 Å². The number of piperazine rings is 1. The van der Waals surface area contributed by atoms with Gasteiger partial charge in [0.15, 0.2) is 0 Å². The van der Waals surface area contributed by atoms with E-state index in [4.69, 9.17) is 4.74 Å². The number of ether oxygens (including phenoxy) is 1. The standard InChI is InChI=1S/C13H19BrN2O/c1-10-8-15-5-6-16(10)9-11-7-12(17-2)3-4-13(11)14/h3-4,7,10,15H,5-6,8-9H2,1-2H3/t10-/m0/s1. The average molecular weight is 299 g/mol. The quantitative estimate of drug-likeness (QED) is 0.926. The predicted molar refractivity (Wildman–Crippen MR) is 73.4 cm³/mol. The molecule has 0 aliphatic carbocycles. The molecule has 1 heterocycles. The van der Waals surface area contributed by atoms with Crippen LogP contribution in [0.25, 0.3) is 0 Å². The van der Waals surface area contributed by atoms with Crippen LogP contribution in [0.3, 0.4) is 0 Å². The van der Waals surface area contributed by atoms with Gasteiger partial charge in [-0.15, -0.1) is 0 Å². The molecule has 1 aliphatic heterocycles. The Morgan fingerprint density at radius 3 is 3.06 bits per heavy atom. The Balaban J connectivity index is 2.11. The average Bonchev–Trinajstić information content (AvgIpc) is 2.35. The van der Waals surface area contributed by atoms with Gasteiger partial charge in [0.2, 0.25) is 0 Å². The summed E-state index contributed by atoms with van der Waals surface area (Å²) < 4.78 is 6.43. The number of hydrogen-bond donors (Lipinski definition) is 1. The second-order valence-electron chi connectivity index (χ2n) is 4.48. The van der Waals surface area contributed by atoms with Crippen LogP contribution in [0.1, 0.15) is 12.5 Å². The Labute approximate surface area is 111 Å². The molecule has 0 spiro atoms. The van der Waals surface area contributed by atoms with Gasteiger partial charge in [-0.3, -0.25) is 4.90 Å². The van der Waals surface area contributed by atoms with Crippen molar-refractivity contribution in [3.05, 3.63) is 28.2 Å². The maximum atomic E-state index is 5.27. The summed E-state index contributed by atoms with van der Waals surface area (Å²) in [5.41, 5.74) is 1.29. The topological polar surface area (TPSA) is 24.5 Å². The number of hydrogen-bond acceptors (Lipinski definition) is 3. The van der Waals surface area contributed by atoms with E-state index in [9.17, 15) is 0 Å². The fraction of sp³-hybridized carbons (Fsp3) is 0.538. The van der Waals surface area contributed by atoms with Crippen LogP contribution in [0, 0.1) is 0 Å². The van der Waals surface area contributed by atoms with E-state index >= 15 is 0 Å². The summed E-state index contributed by atoms with van der Waals surface area (Å²) in [7, 11) is 1.71. The van der Waals surface area contributed by atoms with Gasteiger partial charge in [-0.25, -0.2) is 0 Å². The number of rotatable bonds is 3. The Hall–Kier alpha value is -0.580. The van der Waals surface area contributed by atoms with E-state index in [2.05, 4.69) is 45.2 Å². The summed E-state index contributed by atoms with van der Waals surface area (Å²) in [5.74, 6) is 0.922. The lowest BCUT2D eigenvalue weighted by Gasteiger charge is -2.34. The molecule has 1 fully saturated rings. The summed E-state index contributed by atoms with van der Waals surface area (Å²) in [4.78, 5) is 2.50. The molecular weight excluding hydrogens is 280 g/mol. The zero-order valence-corrected chi connectivity index (χ0v) is 12.0. The summed E-state index contributed by atoms with van der Waals surface area (Å²) in [6, 6.07) is 6.73.